The molecule has 6 heteroatoms. The van der Waals surface area contributed by atoms with Crippen molar-refractivity contribution in [3.05, 3.63) is 10.4 Å². The number of Topliss-reactive ketones (excluding diaryl/α,β-unsaturated/α-hetero) is 1. The van der Waals surface area contributed by atoms with E-state index in [9.17, 15) is 10.1 Å². The van der Waals surface area contributed by atoms with Crippen molar-refractivity contribution < 1.29 is 9.53 Å². The molecular formula is C14H19N3O2S. The van der Waals surface area contributed by atoms with Gasteiger partial charge in [-0.25, -0.2) is 0 Å². The Balaban J connectivity index is 2.42. The van der Waals surface area contributed by atoms with E-state index >= 15 is 0 Å². The molecule has 0 atom stereocenters. The van der Waals surface area contributed by atoms with Crippen molar-refractivity contribution in [1.82, 2.24) is 0 Å². The van der Waals surface area contributed by atoms with E-state index in [2.05, 4.69) is 11.0 Å². The lowest BCUT2D eigenvalue weighted by molar-refractivity contribution is -0.0275. The van der Waals surface area contributed by atoms with Crippen molar-refractivity contribution in [3.8, 4) is 6.07 Å². The van der Waals surface area contributed by atoms with Crippen LogP contribution in [0.3, 0.4) is 0 Å². The zero-order chi connectivity index (χ0) is 14.9. The minimum Gasteiger partial charge on any atom is -0.396 e. The van der Waals surface area contributed by atoms with Crippen LogP contribution in [0.1, 0.15) is 42.4 Å². The topological polar surface area (TPSA) is 79.3 Å². The van der Waals surface area contributed by atoms with Crippen LogP contribution in [0.25, 0.3) is 0 Å². The number of morpholine rings is 1. The number of thiophene rings is 1. The van der Waals surface area contributed by atoms with E-state index < -0.39 is 0 Å². The van der Waals surface area contributed by atoms with E-state index in [1.54, 1.807) is 6.92 Å². The minimum atomic E-state index is -0.265. The minimum absolute atomic E-state index is 0.0113. The number of carbonyl (C=O) groups is 1. The Kier molecular flexibility index (Phi) is 4.02. The molecule has 0 bridgehead atoms. The molecule has 0 saturated carbocycles. The number of ketones is 1. The molecule has 0 spiro atoms. The van der Waals surface area contributed by atoms with E-state index in [0.29, 0.717) is 42.2 Å². The molecule has 2 N–H and O–H groups in total. The first kappa shape index (κ1) is 14.8. The van der Waals surface area contributed by atoms with Gasteiger partial charge in [-0.05, 0) is 13.8 Å². The molecule has 1 aromatic heterocycles. The summed E-state index contributed by atoms with van der Waals surface area (Å²) in [5, 5.41) is 10.1. The zero-order valence-electron chi connectivity index (χ0n) is 12.0. The van der Waals surface area contributed by atoms with Crippen LogP contribution in [0.2, 0.25) is 0 Å². The van der Waals surface area contributed by atoms with Gasteiger partial charge in [-0.3, -0.25) is 4.79 Å². The van der Waals surface area contributed by atoms with E-state index in [0.717, 1.165) is 5.00 Å². The lowest BCUT2D eigenvalue weighted by atomic mass is 10.1. The van der Waals surface area contributed by atoms with Crippen molar-refractivity contribution in [3.63, 3.8) is 0 Å². The van der Waals surface area contributed by atoms with Gasteiger partial charge in [0.1, 0.15) is 16.6 Å². The van der Waals surface area contributed by atoms with Crippen LogP contribution in [-0.2, 0) is 4.74 Å². The summed E-state index contributed by atoms with van der Waals surface area (Å²) in [5.41, 5.74) is 6.45. The number of carbonyl (C=O) groups excluding carboxylic acids is 1. The number of hydrogen-bond acceptors (Lipinski definition) is 6. The van der Waals surface area contributed by atoms with Crippen LogP contribution in [0.5, 0.6) is 0 Å². The average molecular weight is 293 g/mol. The average Bonchev–Trinajstić information content (AvgIpc) is 2.73. The largest absolute Gasteiger partial charge is 0.396 e. The van der Waals surface area contributed by atoms with Crippen LogP contribution in [0.4, 0.5) is 10.7 Å². The Hall–Kier alpha value is -1.58. The van der Waals surface area contributed by atoms with Crippen LogP contribution in [0.15, 0.2) is 0 Å². The second kappa shape index (κ2) is 5.43. The highest BCUT2D eigenvalue weighted by Crippen LogP contribution is 2.39. The van der Waals surface area contributed by atoms with Gasteiger partial charge in [-0.15, -0.1) is 11.3 Å². The number of anilines is 2. The number of ether oxygens (including phenoxy) is 1. The monoisotopic (exact) mass is 293 g/mol. The van der Waals surface area contributed by atoms with Gasteiger partial charge < -0.3 is 15.4 Å². The fourth-order valence-corrected chi connectivity index (χ4v) is 3.53. The summed E-state index contributed by atoms with van der Waals surface area (Å²) in [6.45, 7) is 7.82. The van der Waals surface area contributed by atoms with Gasteiger partial charge in [0.2, 0.25) is 0 Å². The molecule has 1 aliphatic rings. The summed E-state index contributed by atoms with van der Waals surface area (Å²) in [6, 6.07) is 2.14. The molecule has 1 aliphatic heterocycles. The number of nitrogens with two attached hydrogens (primary N) is 1. The van der Waals surface area contributed by atoms with Crippen LogP contribution in [-0.4, -0.2) is 31.1 Å². The first-order valence-corrected chi connectivity index (χ1v) is 7.45. The maximum Gasteiger partial charge on any atom is 0.174 e. The highest BCUT2D eigenvalue weighted by molar-refractivity contribution is 7.19. The molecule has 5 nitrogen and oxygen atoms in total. The molecule has 1 fully saturated rings. The molecule has 0 aromatic carbocycles. The summed E-state index contributed by atoms with van der Waals surface area (Å²) >= 11 is 1.32. The van der Waals surface area contributed by atoms with Gasteiger partial charge in [0, 0.05) is 19.5 Å². The van der Waals surface area contributed by atoms with Gasteiger partial charge in [-0.2, -0.15) is 5.26 Å². The van der Waals surface area contributed by atoms with Crippen LogP contribution in [0, 0.1) is 11.3 Å². The molecular weight excluding hydrogens is 274 g/mol. The summed E-state index contributed by atoms with van der Waals surface area (Å²) in [4.78, 5) is 14.5. The summed E-state index contributed by atoms with van der Waals surface area (Å²) < 4.78 is 5.68. The molecule has 0 aliphatic carbocycles. The molecule has 0 amide bonds. The Labute approximate surface area is 122 Å². The zero-order valence-corrected chi connectivity index (χ0v) is 12.8. The highest BCUT2D eigenvalue weighted by atomic mass is 32.1. The molecule has 1 saturated heterocycles. The predicted octanol–water partition coefficient (Wildman–Crippen LogP) is 2.41. The standard InChI is InChI=1S/C14H19N3O2S/c1-4-10(18)12-11(16)9(7-15)13(20-12)17-5-6-19-14(2,3)8-17/h4-6,8,16H2,1-3H3. The fourth-order valence-electron chi connectivity index (χ4n) is 2.32. The maximum absolute atomic E-state index is 11.9. The predicted molar refractivity (Wildman–Crippen MR) is 80.3 cm³/mol. The maximum atomic E-state index is 11.9. The molecule has 0 radical (unpaired) electrons. The molecule has 20 heavy (non-hydrogen) atoms. The first-order chi connectivity index (χ1) is 9.39. The molecule has 108 valence electrons. The summed E-state index contributed by atoms with van der Waals surface area (Å²) in [6.07, 6.45) is 0.392. The normalized spacial score (nSPS) is 17.8. The van der Waals surface area contributed by atoms with Crippen molar-refractivity contribution in [1.29, 1.82) is 5.26 Å². The third kappa shape index (κ3) is 2.65. The third-order valence-electron chi connectivity index (χ3n) is 3.33. The molecule has 1 aromatic rings. The Morgan fingerprint density at radius 3 is 2.85 bits per heavy atom. The second-order valence-electron chi connectivity index (χ2n) is 5.44. The third-order valence-corrected chi connectivity index (χ3v) is 4.63. The van der Waals surface area contributed by atoms with Gasteiger partial charge in [0.05, 0.1) is 22.8 Å². The molecule has 0 unspecified atom stereocenters. The first-order valence-electron chi connectivity index (χ1n) is 6.64. The van der Waals surface area contributed by atoms with E-state index in [-0.39, 0.29) is 11.4 Å². The van der Waals surface area contributed by atoms with E-state index in [1.807, 2.05) is 13.8 Å². The summed E-state index contributed by atoms with van der Waals surface area (Å²) in [5.74, 6) is -0.0113. The fraction of sp³-hybridized carbons (Fsp3) is 0.571. The highest BCUT2D eigenvalue weighted by Gasteiger charge is 2.31. The van der Waals surface area contributed by atoms with E-state index in [1.165, 1.54) is 11.3 Å². The second-order valence-corrected chi connectivity index (χ2v) is 6.44. The summed E-state index contributed by atoms with van der Waals surface area (Å²) in [7, 11) is 0. The quantitative estimate of drug-likeness (QED) is 0.866. The van der Waals surface area contributed by atoms with Crippen LogP contribution >= 0.6 is 11.3 Å². The van der Waals surface area contributed by atoms with Crippen molar-refractivity contribution >= 4 is 27.8 Å². The van der Waals surface area contributed by atoms with Gasteiger partial charge >= 0.3 is 0 Å². The number of hydrogen-bond donors (Lipinski definition) is 1. The number of nitrogen functional groups attached to an aromatic ring is 1. The Morgan fingerprint density at radius 1 is 1.60 bits per heavy atom. The lowest BCUT2D eigenvalue weighted by Crippen LogP contribution is -2.48. The smallest absolute Gasteiger partial charge is 0.174 e. The van der Waals surface area contributed by atoms with Gasteiger partial charge in [0.25, 0.3) is 0 Å². The Bertz CT molecular complexity index is 572. The molecule has 2 rings (SSSR count). The molecule has 2 heterocycles. The number of nitriles is 1. The van der Waals surface area contributed by atoms with Crippen molar-refractivity contribution in [2.24, 2.45) is 0 Å². The SMILES string of the molecule is CCC(=O)c1sc(N2CCOC(C)(C)C2)c(C#N)c1N. The number of rotatable bonds is 3. The van der Waals surface area contributed by atoms with Crippen LogP contribution < -0.4 is 10.6 Å². The van der Waals surface area contributed by atoms with Gasteiger partial charge in [-0.1, -0.05) is 6.92 Å². The van der Waals surface area contributed by atoms with Crippen molar-refractivity contribution in [2.45, 2.75) is 32.8 Å². The Morgan fingerprint density at radius 2 is 2.30 bits per heavy atom. The van der Waals surface area contributed by atoms with E-state index in [4.69, 9.17) is 10.5 Å². The van der Waals surface area contributed by atoms with Crippen molar-refractivity contribution in [2.75, 3.05) is 30.3 Å². The lowest BCUT2D eigenvalue weighted by Gasteiger charge is -2.38. The number of nitrogens with zero attached hydrogens (tertiary/aromatic N) is 2. The van der Waals surface area contributed by atoms with Gasteiger partial charge in [0.15, 0.2) is 5.78 Å².